The van der Waals surface area contributed by atoms with E-state index in [1.807, 2.05) is 18.2 Å². The van der Waals surface area contributed by atoms with Gasteiger partial charge < -0.3 is 0 Å². The molecule has 8 aromatic carbocycles. The second kappa shape index (κ2) is 11.1. The van der Waals surface area contributed by atoms with Crippen molar-refractivity contribution in [1.29, 1.82) is 0 Å². The van der Waals surface area contributed by atoms with Crippen molar-refractivity contribution in [1.82, 2.24) is 15.0 Å². The van der Waals surface area contributed by atoms with Crippen LogP contribution in [0.15, 0.2) is 170 Å². The predicted molar refractivity (Wildman–Crippen MR) is 201 cm³/mol. The molecule has 1 heterocycles. The van der Waals surface area contributed by atoms with E-state index in [9.17, 15) is 0 Å². The number of fused-ring (bicyclic) bond motifs is 6. The highest BCUT2D eigenvalue weighted by Gasteiger charge is 2.31. The van der Waals surface area contributed by atoms with E-state index in [2.05, 4.69) is 152 Å². The molecule has 0 spiro atoms. The molecule has 0 radical (unpaired) electrons. The zero-order chi connectivity index (χ0) is 32.3. The summed E-state index contributed by atoms with van der Waals surface area (Å²) in [7, 11) is 0. The third-order valence-corrected chi connectivity index (χ3v) is 9.98. The van der Waals surface area contributed by atoms with Crippen molar-refractivity contribution in [2.24, 2.45) is 0 Å². The molecule has 1 aromatic heterocycles. The highest BCUT2D eigenvalue weighted by atomic mass is 15.0. The molecule has 9 aromatic rings. The lowest BCUT2D eigenvalue weighted by Crippen LogP contribution is -2.03. The summed E-state index contributed by atoms with van der Waals surface area (Å²) in [6.07, 6.45) is 0. The first kappa shape index (κ1) is 27.6. The molecule has 0 aliphatic heterocycles. The van der Waals surface area contributed by atoms with Gasteiger partial charge in [-0.25, -0.2) is 15.0 Å². The van der Waals surface area contributed by atoms with E-state index in [4.69, 9.17) is 15.0 Å². The average molecular weight is 624 g/mol. The third-order valence-electron chi connectivity index (χ3n) is 9.98. The van der Waals surface area contributed by atoms with Crippen molar-refractivity contribution in [3.63, 3.8) is 0 Å². The Morgan fingerprint density at radius 2 is 0.918 bits per heavy atom. The predicted octanol–water partition coefficient (Wildman–Crippen LogP) is 11.5. The van der Waals surface area contributed by atoms with Crippen LogP contribution in [0.3, 0.4) is 0 Å². The lowest BCUT2D eigenvalue weighted by Gasteiger charge is -2.19. The minimum absolute atomic E-state index is 0.112. The monoisotopic (exact) mass is 623 g/mol. The molecule has 0 N–H and O–H groups in total. The van der Waals surface area contributed by atoms with Crippen LogP contribution in [-0.4, -0.2) is 15.0 Å². The Hall–Kier alpha value is -6.45. The van der Waals surface area contributed by atoms with E-state index in [1.54, 1.807) is 0 Å². The summed E-state index contributed by atoms with van der Waals surface area (Å²) in [5.41, 5.74) is 9.52. The van der Waals surface area contributed by atoms with Crippen LogP contribution in [0.25, 0.3) is 77.6 Å². The van der Waals surface area contributed by atoms with E-state index in [-0.39, 0.29) is 5.92 Å². The summed E-state index contributed by atoms with van der Waals surface area (Å²) in [5, 5.41) is 7.20. The van der Waals surface area contributed by atoms with E-state index < -0.39 is 0 Å². The maximum Gasteiger partial charge on any atom is 0.164 e. The topological polar surface area (TPSA) is 38.7 Å². The first-order valence-corrected chi connectivity index (χ1v) is 16.7. The molecular weight excluding hydrogens is 595 g/mol. The van der Waals surface area contributed by atoms with E-state index >= 15 is 0 Å². The van der Waals surface area contributed by atoms with E-state index in [1.165, 1.54) is 49.4 Å². The van der Waals surface area contributed by atoms with Gasteiger partial charge in [0.15, 0.2) is 17.5 Å². The lowest BCUT2D eigenvalue weighted by atomic mass is 9.84. The first-order valence-electron chi connectivity index (χ1n) is 16.7. The fourth-order valence-corrected chi connectivity index (χ4v) is 7.67. The smallest absolute Gasteiger partial charge is 0.164 e. The van der Waals surface area contributed by atoms with Gasteiger partial charge in [0, 0.05) is 22.6 Å². The molecule has 1 atom stereocenters. The zero-order valence-electron chi connectivity index (χ0n) is 26.6. The van der Waals surface area contributed by atoms with Gasteiger partial charge in [-0.05, 0) is 78.3 Å². The molecule has 228 valence electrons. The molecule has 10 rings (SSSR count). The van der Waals surface area contributed by atoms with Gasteiger partial charge in [-0.3, -0.25) is 0 Å². The van der Waals surface area contributed by atoms with Crippen LogP contribution in [0.2, 0.25) is 0 Å². The number of hydrogen-bond donors (Lipinski definition) is 0. The van der Waals surface area contributed by atoms with E-state index in [0.717, 1.165) is 27.5 Å². The average Bonchev–Trinajstić information content (AvgIpc) is 3.49. The first-order chi connectivity index (χ1) is 24.3. The van der Waals surface area contributed by atoms with Gasteiger partial charge in [-0.1, -0.05) is 152 Å². The van der Waals surface area contributed by atoms with Crippen LogP contribution in [0.1, 0.15) is 22.6 Å². The summed E-state index contributed by atoms with van der Waals surface area (Å²) < 4.78 is 0. The van der Waals surface area contributed by atoms with Crippen LogP contribution < -0.4 is 0 Å². The van der Waals surface area contributed by atoms with Crippen molar-refractivity contribution in [2.75, 3.05) is 0 Å². The molecule has 1 unspecified atom stereocenters. The van der Waals surface area contributed by atoms with Crippen LogP contribution in [0.4, 0.5) is 0 Å². The maximum atomic E-state index is 5.17. The van der Waals surface area contributed by atoms with Gasteiger partial charge >= 0.3 is 0 Å². The number of hydrogen-bond acceptors (Lipinski definition) is 3. The molecule has 0 saturated carbocycles. The molecular formula is C46H29N3. The zero-order valence-corrected chi connectivity index (χ0v) is 26.6. The minimum Gasteiger partial charge on any atom is -0.208 e. The molecule has 3 nitrogen and oxygen atoms in total. The second-order valence-electron chi connectivity index (χ2n) is 12.8. The van der Waals surface area contributed by atoms with Gasteiger partial charge in [-0.2, -0.15) is 0 Å². The fraction of sp³-hybridized carbons (Fsp3) is 0.0217. The van der Waals surface area contributed by atoms with Gasteiger partial charge in [0.25, 0.3) is 0 Å². The number of aromatic nitrogens is 3. The number of benzene rings is 8. The SMILES string of the molecule is c1ccc(-c2nc(-c3ccc4ccccc4c3)nc(-c3ccc(C4c5ccccc5-c5cc6ccccc6cc54)c4ccccc34)n2)cc1. The van der Waals surface area contributed by atoms with Crippen LogP contribution in [0, 0.1) is 0 Å². The van der Waals surface area contributed by atoms with Crippen molar-refractivity contribution >= 4 is 32.3 Å². The summed E-state index contributed by atoms with van der Waals surface area (Å²) >= 11 is 0. The minimum atomic E-state index is 0.112. The van der Waals surface area contributed by atoms with Crippen molar-refractivity contribution in [3.8, 4) is 45.3 Å². The highest BCUT2D eigenvalue weighted by molar-refractivity contribution is 6.00. The van der Waals surface area contributed by atoms with Gasteiger partial charge in [-0.15, -0.1) is 0 Å². The Kier molecular flexibility index (Phi) is 6.25. The van der Waals surface area contributed by atoms with E-state index in [0.29, 0.717) is 17.5 Å². The summed E-state index contributed by atoms with van der Waals surface area (Å²) in [6, 6.07) is 60.5. The summed E-state index contributed by atoms with van der Waals surface area (Å²) in [6.45, 7) is 0. The standard InChI is InChI=1S/C46H29N3/c1-2-13-30(14-3-1)44-47-45(34-23-22-29-12-4-5-15-31(29)26-34)49-46(48-44)40-25-24-39(35-18-8-9-19-36(35)40)43-38-21-11-10-20-37(38)41-27-32-16-6-7-17-33(32)28-42(41)43/h1-28,43H. The molecule has 0 saturated heterocycles. The molecule has 1 aliphatic rings. The van der Waals surface area contributed by atoms with Gasteiger partial charge in [0.05, 0.1) is 0 Å². The lowest BCUT2D eigenvalue weighted by molar-refractivity contribution is 1.03. The number of nitrogens with zero attached hydrogens (tertiary/aromatic N) is 3. The molecule has 0 fully saturated rings. The second-order valence-corrected chi connectivity index (χ2v) is 12.8. The fourth-order valence-electron chi connectivity index (χ4n) is 7.67. The Morgan fingerprint density at radius 1 is 0.306 bits per heavy atom. The Bertz CT molecular complexity index is 2730. The van der Waals surface area contributed by atoms with Crippen molar-refractivity contribution in [3.05, 3.63) is 187 Å². The third kappa shape index (κ3) is 4.55. The molecule has 0 bridgehead atoms. The summed E-state index contributed by atoms with van der Waals surface area (Å²) in [4.78, 5) is 15.3. The van der Waals surface area contributed by atoms with Crippen LogP contribution >= 0.6 is 0 Å². The summed E-state index contributed by atoms with van der Waals surface area (Å²) in [5.74, 6) is 2.10. The normalized spacial score (nSPS) is 13.5. The van der Waals surface area contributed by atoms with Crippen LogP contribution in [0.5, 0.6) is 0 Å². The highest BCUT2D eigenvalue weighted by Crippen LogP contribution is 2.51. The Morgan fingerprint density at radius 3 is 1.73 bits per heavy atom. The van der Waals surface area contributed by atoms with Gasteiger partial charge in [0.1, 0.15) is 0 Å². The molecule has 1 aliphatic carbocycles. The van der Waals surface area contributed by atoms with Crippen molar-refractivity contribution in [2.45, 2.75) is 5.92 Å². The largest absolute Gasteiger partial charge is 0.208 e. The molecule has 0 amide bonds. The van der Waals surface area contributed by atoms with Crippen molar-refractivity contribution < 1.29 is 0 Å². The quantitative estimate of drug-likeness (QED) is 0.196. The van der Waals surface area contributed by atoms with Crippen LogP contribution in [-0.2, 0) is 0 Å². The Labute approximate surface area is 284 Å². The molecule has 3 heteroatoms. The maximum absolute atomic E-state index is 5.17. The number of rotatable bonds is 4. The molecule has 49 heavy (non-hydrogen) atoms. The Balaban J connectivity index is 1.18. The van der Waals surface area contributed by atoms with Gasteiger partial charge in [0.2, 0.25) is 0 Å².